The Morgan fingerprint density at radius 2 is 2.13 bits per heavy atom. The number of hydrogen-bond acceptors (Lipinski definition) is 3. The van der Waals surface area contributed by atoms with Gasteiger partial charge >= 0.3 is 0 Å². The van der Waals surface area contributed by atoms with Gasteiger partial charge in [-0.15, -0.1) is 0 Å². The van der Waals surface area contributed by atoms with Gasteiger partial charge in [-0.25, -0.2) is 0 Å². The molecule has 0 bridgehead atoms. The Bertz CT molecular complexity index is 350. The van der Waals surface area contributed by atoms with Crippen molar-refractivity contribution in [2.24, 2.45) is 0 Å². The average molecular weight is 207 g/mol. The summed E-state index contributed by atoms with van der Waals surface area (Å²) < 4.78 is 0. The van der Waals surface area contributed by atoms with E-state index in [9.17, 15) is 4.79 Å². The second-order valence-corrected chi connectivity index (χ2v) is 3.45. The monoisotopic (exact) mass is 207 g/mol. The smallest absolute Gasteiger partial charge is 0.216 e. The van der Waals surface area contributed by atoms with Gasteiger partial charge in [-0.1, -0.05) is 12.1 Å². The van der Waals surface area contributed by atoms with E-state index in [1.165, 1.54) is 6.92 Å². The zero-order valence-corrected chi connectivity index (χ0v) is 9.13. The molecule has 0 heterocycles. The summed E-state index contributed by atoms with van der Waals surface area (Å²) >= 11 is 0. The van der Waals surface area contributed by atoms with Gasteiger partial charge in [-0.05, 0) is 18.6 Å². The van der Waals surface area contributed by atoms with E-state index in [4.69, 9.17) is 5.73 Å². The van der Waals surface area contributed by atoms with Gasteiger partial charge in [-0.3, -0.25) is 4.79 Å². The van der Waals surface area contributed by atoms with Crippen molar-refractivity contribution in [3.8, 4) is 0 Å². The van der Waals surface area contributed by atoms with Crippen LogP contribution in [0.4, 0.5) is 11.4 Å². The number of anilines is 2. The number of aryl methyl sites for hydroxylation is 1. The van der Waals surface area contributed by atoms with Gasteiger partial charge in [0, 0.05) is 20.0 Å². The molecule has 0 aromatic heterocycles. The number of benzene rings is 1. The third kappa shape index (κ3) is 3.50. The lowest BCUT2D eigenvalue weighted by Crippen LogP contribution is -2.26. The maximum atomic E-state index is 10.6. The van der Waals surface area contributed by atoms with Crippen molar-refractivity contribution in [2.75, 3.05) is 24.1 Å². The first kappa shape index (κ1) is 11.4. The maximum absolute atomic E-state index is 10.6. The molecule has 0 saturated carbocycles. The van der Waals surface area contributed by atoms with E-state index in [1.807, 2.05) is 25.1 Å². The third-order valence-corrected chi connectivity index (χ3v) is 2.14. The Morgan fingerprint density at radius 1 is 1.40 bits per heavy atom. The predicted molar refractivity (Wildman–Crippen MR) is 62.8 cm³/mol. The molecule has 82 valence electrons. The lowest BCUT2D eigenvalue weighted by molar-refractivity contribution is -0.118. The lowest BCUT2D eigenvalue weighted by atomic mass is 10.2. The van der Waals surface area contributed by atoms with E-state index < -0.39 is 0 Å². The van der Waals surface area contributed by atoms with Crippen LogP contribution < -0.4 is 16.4 Å². The number of nitrogens with one attached hydrogen (secondary N) is 2. The fourth-order valence-electron chi connectivity index (χ4n) is 1.27. The van der Waals surface area contributed by atoms with Gasteiger partial charge in [0.1, 0.15) is 0 Å². The minimum atomic E-state index is -0.0194. The van der Waals surface area contributed by atoms with Crippen molar-refractivity contribution in [3.05, 3.63) is 23.8 Å². The molecule has 0 unspecified atom stereocenters. The number of nitrogens with two attached hydrogens (primary N) is 1. The number of carbonyl (C=O) groups is 1. The molecule has 15 heavy (non-hydrogen) atoms. The topological polar surface area (TPSA) is 67.2 Å². The number of para-hydroxylation sites is 1. The fraction of sp³-hybridized carbons (Fsp3) is 0.364. The summed E-state index contributed by atoms with van der Waals surface area (Å²) in [5.74, 6) is -0.0194. The highest BCUT2D eigenvalue weighted by Gasteiger charge is 1.99. The average Bonchev–Trinajstić information content (AvgIpc) is 2.18. The van der Waals surface area contributed by atoms with Gasteiger partial charge < -0.3 is 16.4 Å². The zero-order chi connectivity index (χ0) is 11.3. The first-order valence-corrected chi connectivity index (χ1v) is 4.94. The van der Waals surface area contributed by atoms with Crippen LogP contribution in [0.5, 0.6) is 0 Å². The van der Waals surface area contributed by atoms with Gasteiger partial charge in [0.15, 0.2) is 0 Å². The molecule has 0 aliphatic heterocycles. The number of nitrogen functional groups attached to an aromatic ring is 1. The van der Waals surface area contributed by atoms with Crippen LogP contribution in [0.15, 0.2) is 18.2 Å². The van der Waals surface area contributed by atoms with Crippen molar-refractivity contribution in [2.45, 2.75) is 13.8 Å². The van der Waals surface area contributed by atoms with Crippen LogP contribution in [0.3, 0.4) is 0 Å². The Labute approximate surface area is 89.9 Å². The van der Waals surface area contributed by atoms with Crippen LogP contribution in [-0.4, -0.2) is 19.0 Å². The summed E-state index contributed by atoms with van der Waals surface area (Å²) in [6.07, 6.45) is 0. The van der Waals surface area contributed by atoms with Crippen LogP contribution in [0, 0.1) is 6.92 Å². The summed E-state index contributed by atoms with van der Waals surface area (Å²) in [5, 5.41) is 5.88. The molecular weight excluding hydrogens is 190 g/mol. The Morgan fingerprint density at radius 3 is 2.80 bits per heavy atom. The van der Waals surface area contributed by atoms with E-state index >= 15 is 0 Å². The molecule has 0 saturated heterocycles. The molecule has 0 spiro atoms. The largest absolute Gasteiger partial charge is 0.397 e. The summed E-state index contributed by atoms with van der Waals surface area (Å²) in [6, 6.07) is 5.84. The maximum Gasteiger partial charge on any atom is 0.216 e. The van der Waals surface area contributed by atoms with E-state index in [0.717, 1.165) is 16.9 Å². The van der Waals surface area contributed by atoms with Crippen molar-refractivity contribution in [1.29, 1.82) is 0 Å². The van der Waals surface area contributed by atoms with Gasteiger partial charge in [-0.2, -0.15) is 0 Å². The molecule has 1 amide bonds. The number of carbonyl (C=O) groups excluding carboxylic acids is 1. The van der Waals surface area contributed by atoms with Crippen molar-refractivity contribution >= 4 is 17.3 Å². The first-order valence-electron chi connectivity index (χ1n) is 4.94. The Balaban J connectivity index is 2.44. The van der Waals surface area contributed by atoms with Crippen LogP contribution >= 0.6 is 0 Å². The number of hydrogen-bond donors (Lipinski definition) is 3. The van der Waals surface area contributed by atoms with E-state index in [2.05, 4.69) is 10.6 Å². The predicted octanol–water partition coefficient (Wildman–Crippen LogP) is 1.13. The van der Waals surface area contributed by atoms with Crippen molar-refractivity contribution < 1.29 is 4.79 Å². The van der Waals surface area contributed by atoms with Gasteiger partial charge in [0.2, 0.25) is 5.91 Å². The van der Waals surface area contributed by atoms with Crippen molar-refractivity contribution in [1.82, 2.24) is 5.32 Å². The molecule has 0 atom stereocenters. The van der Waals surface area contributed by atoms with Crippen LogP contribution in [0.2, 0.25) is 0 Å². The van der Waals surface area contributed by atoms with Gasteiger partial charge in [0.25, 0.3) is 0 Å². The van der Waals surface area contributed by atoms with Gasteiger partial charge in [0.05, 0.1) is 11.4 Å². The van der Waals surface area contributed by atoms with Crippen molar-refractivity contribution in [3.63, 3.8) is 0 Å². The molecule has 4 N–H and O–H groups in total. The quantitative estimate of drug-likeness (QED) is 0.512. The Hall–Kier alpha value is -1.71. The minimum absolute atomic E-state index is 0.0194. The second-order valence-electron chi connectivity index (χ2n) is 3.45. The highest BCUT2D eigenvalue weighted by molar-refractivity contribution is 5.73. The molecule has 4 heteroatoms. The lowest BCUT2D eigenvalue weighted by Gasteiger charge is -2.10. The summed E-state index contributed by atoms with van der Waals surface area (Å²) in [7, 11) is 0. The number of amides is 1. The molecule has 1 aromatic carbocycles. The standard InChI is InChI=1S/C11H17N3O/c1-8-4-3-5-10(11(8)12)14-7-6-13-9(2)15/h3-5,14H,6-7,12H2,1-2H3,(H,13,15). The van der Waals surface area contributed by atoms with Crippen LogP contribution in [0.1, 0.15) is 12.5 Å². The molecule has 0 radical (unpaired) electrons. The fourth-order valence-corrected chi connectivity index (χ4v) is 1.27. The summed E-state index contributed by atoms with van der Waals surface area (Å²) in [5.41, 5.74) is 8.61. The summed E-state index contributed by atoms with van der Waals surface area (Å²) in [4.78, 5) is 10.6. The zero-order valence-electron chi connectivity index (χ0n) is 9.13. The third-order valence-electron chi connectivity index (χ3n) is 2.14. The molecule has 1 rings (SSSR count). The molecule has 0 fully saturated rings. The number of rotatable bonds is 4. The highest BCUT2D eigenvalue weighted by Crippen LogP contribution is 2.21. The molecule has 1 aromatic rings. The Kier molecular flexibility index (Phi) is 3.97. The normalized spacial score (nSPS) is 9.73. The van der Waals surface area contributed by atoms with E-state index in [0.29, 0.717) is 13.1 Å². The second kappa shape index (κ2) is 5.24. The summed E-state index contributed by atoms with van der Waals surface area (Å²) in [6.45, 7) is 4.74. The minimum Gasteiger partial charge on any atom is -0.397 e. The molecule has 0 aliphatic carbocycles. The van der Waals surface area contributed by atoms with Crippen LogP contribution in [0.25, 0.3) is 0 Å². The molecular formula is C11H17N3O. The highest BCUT2D eigenvalue weighted by atomic mass is 16.1. The van der Waals surface area contributed by atoms with Crippen LogP contribution in [-0.2, 0) is 4.79 Å². The SMILES string of the molecule is CC(=O)NCCNc1cccc(C)c1N. The van der Waals surface area contributed by atoms with E-state index in [1.54, 1.807) is 0 Å². The first-order chi connectivity index (χ1) is 7.11. The molecule has 4 nitrogen and oxygen atoms in total. The molecule has 0 aliphatic rings. The van der Waals surface area contributed by atoms with E-state index in [-0.39, 0.29) is 5.91 Å².